The van der Waals surface area contributed by atoms with Crippen molar-refractivity contribution in [1.29, 1.82) is 0 Å². The van der Waals surface area contributed by atoms with E-state index in [0.717, 1.165) is 40.5 Å². The molecule has 4 heteroatoms. The van der Waals surface area contributed by atoms with Gasteiger partial charge in [0.25, 0.3) is 0 Å². The Morgan fingerprint density at radius 2 is 1.76 bits per heavy atom. The van der Waals surface area contributed by atoms with E-state index >= 15 is 0 Å². The van der Waals surface area contributed by atoms with E-state index in [1.807, 2.05) is 31.3 Å². The summed E-state index contributed by atoms with van der Waals surface area (Å²) in [7, 11) is 1.90. The van der Waals surface area contributed by atoms with Gasteiger partial charge in [0.2, 0.25) is 0 Å². The van der Waals surface area contributed by atoms with Crippen molar-refractivity contribution in [2.75, 3.05) is 5.73 Å². The van der Waals surface area contributed by atoms with Gasteiger partial charge >= 0.3 is 0 Å². The Labute approximate surface area is 132 Å². The monoisotopic (exact) mass is 305 g/mol. The van der Waals surface area contributed by atoms with Crippen molar-refractivity contribution in [3.63, 3.8) is 0 Å². The van der Waals surface area contributed by atoms with E-state index in [1.54, 1.807) is 4.68 Å². The van der Waals surface area contributed by atoms with Crippen molar-refractivity contribution in [3.05, 3.63) is 35.0 Å². The topological polar surface area (TPSA) is 43.8 Å². The van der Waals surface area contributed by atoms with Crippen LogP contribution >= 0.6 is 11.6 Å². The maximum absolute atomic E-state index is 6.19. The Hall–Kier alpha value is -1.48. The second-order valence-corrected chi connectivity index (χ2v) is 5.94. The summed E-state index contributed by atoms with van der Waals surface area (Å²) >= 11 is 5.96. The Bertz CT molecular complexity index is 572. The lowest BCUT2D eigenvalue weighted by molar-refractivity contribution is 0.623. The third-order valence-electron chi connectivity index (χ3n) is 3.81. The highest BCUT2D eigenvalue weighted by Gasteiger charge is 2.15. The van der Waals surface area contributed by atoms with Gasteiger partial charge in [0.05, 0.1) is 5.69 Å². The summed E-state index contributed by atoms with van der Waals surface area (Å²) in [5.74, 6) is 0.723. The molecule has 0 aliphatic carbocycles. The molecule has 1 aromatic carbocycles. The number of nitrogen functional groups attached to an aromatic ring is 1. The minimum Gasteiger partial charge on any atom is -0.383 e. The van der Waals surface area contributed by atoms with Gasteiger partial charge in [-0.15, -0.1) is 0 Å². The summed E-state index contributed by atoms with van der Waals surface area (Å²) in [6.07, 6.45) is 7.28. The maximum atomic E-state index is 6.19. The quantitative estimate of drug-likeness (QED) is 0.744. The number of halogens is 1. The molecule has 0 aliphatic heterocycles. The Morgan fingerprint density at radius 1 is 1.10 bits per heavy atom. The number of nitrogens with two attached hydrogens (primary N) is 1. The van der Waals surface area contributed by atoms with Crippen LogP contribution in [0.2, 0.25) is 5.02 Å². The van der Waals surface area contributed by atoms with Gasteiger partial charge in [0.1, 0.15) is 5.82 Å². The van der Waals surface area contributed by atoms with Gasteiger partial charge in [0.15, 0.2) is 0 Å². The average Bonchev–Trinajstić information content (AvgIpc) is 2.75. The highest BCUT2D eigenvalue weighted by atomic mass is 35.5. The number of rotatable bonds is 7. The third kappa shape index (κ3) is 4.01. The number of unbranched alkanes of at least 4 members (excludes halogenated alkanes) is 4. The van der Waals surface area contributed by atoms with Crippen LogP contribution in [0, 0.1) is 0 Å². The molecule has 0 saturated carbocycles. The maximum Gasteiger partial charge on any atom is 0.129 e. The van der Waals surface area contributed by atoms with Crippen LogP contribution in [-0.4, -0.2) is 9.78 Å². The molecule has 0 fully saturated rings. The van der Waals surface area contributed by atoms with Crippen LogP contribution < -0.4 is 5.73 Å². The lowest BCUT2D eigenvalue weighted by Gasteiger charge is -2.05. The van der Waals surface area contributed by atoms with Crippen LogP contribution in [0.4, 0.5) is 5.82 Å². The molecule has 0 amide bonds. The molecule has 0 atom stereocenters. The van der Waals surface area contributed by atoms with Crippen molar-refractivity contribution in [1.82, 2.24) is 9.78 Å². The molecule has 0 radical (unpaired) electrons. The van der Waals surface area contributed by atoms with E-state index in [9.17, 15) is 0 Å². The SMILES string of the molecule is CCCCCCCc1nn(C)c(N)c1-c1ccc(Cl)cc1. The molecule has 0 unspecified atom stereocenters. The van der Waals surface area contributed by atoms with Gasteiger partial charge in [-0.05, 0) is 30.5 Å². The molecule has 0 aliphatic rings. The van der Waals surface area contributed by atoms with Gasteiger partial charge in [-0.3, -0.25) is 4.68 Å². The first-order chi connectivity index (χ1) is 10.1. The summed E-state index contributed by atoms with van der Waals surface area (Å²) in [6.45, 7) is 2.23. The Kier molecular flexibility index (Phi) is 5.68. The summed E-state index contributed by atoms with van der Waals surface area (Å²) in [4.78, 5) is 0. The van der Waals surface area contributed by atoms with Crippen molar-refractivity contribution in [2.45, 2.75) is 45.4 Å². The zero-order valence-electron chi connectivity index (χ0n) is 12.9. The van der Waals surface area contributed by atoms with E-state index in [0.29, 0.717) is 0 Å². The minimum atomic E-state index is 0.723. The molecule has 1 aromatic heterocycles. The molecule has 0 saturated heterocycles. The molecule has 0 spiro atoms. The van der Waals surface area contributed by atoms with Crippen molar-refractivity contribution >= 4 is 17.4 Å². The lowest BCUT2D eigenvalue weighted by Crippen LogP contribution is -1.98. The van der Waals surface area contributed by atoms with Crippen LogP contribution in [0.5, 0.6) is 0 Å². The standard InChI is InChI=1S/C17H24ClN3/c1-3-4-5-6-7-8-15-16(17(19)21(2)20-15)13-9-11-14(18)12-10-13/h9-12H,3-8,19H2,1-2H3. The predicted molar refractivity (Wildman–Crippen MR) is 90.5 cm³/mol. The molecule has 114 valence electrons. The fraction of sp³-hybridized carbons (Fsp3) is 0.471. The Balaban J connectivity index is 2.14. The number of hydrogen-bond acceptors (Lipinski definition) is 2. The third-order valence-corrected chi connectivity index (χ3v) is 4.07. The van der Waals surface area contributed by atoms with E-state index in [2.05, 4.69) is 12.0 Å². The van der Waals surface area contributed by atoms with Gasteiger partial charge in [-0.2, -0.15) is 5.10 Å². The van der Waals surface area contributed by atoms with Crippen LogP contribution in [-0.2, 0) is 13.5 Å². The second-order valence-electron chi connectivity index (χ2n) is 5.50. The summed E-state index contributed by atoms with van der Waals surface area (Å²) < 4.78 is 1.77. The second kappa shape index (κ2) is 7.51. The number of anilines is 1. The molecular weight excluding hydrogens is 282 g/mol. The fourth-order valence-corrected chi connectivity index (χ4v) is 2.72. The molecule has 2 rings (SSSR count). The molecule has 1 heterocycles. The van der Waals surface area contributed by atoms with Crippen LogP contribution in [0.25, 0.3) is 11.1 Å². The van der Waals surface area contributed by atoms with Crippen LogP contribution in [0.1, 0.15) is 44.7 Å². The molecule has 2 aromatic rings. The van der Waals surface area contributed by atoms with E-state index in [4.69, 9.17) is 17.3 Å². The highest BCUT2D eigenvalue weighted by molar-refractivity contribution is 6.30. The van der Waals surface area contributed by atoms with Gasteiger partial charge in [-0.1, -0.05) is 56.3 Å². The first-order valence-electron chi connectivity index (χ1n) is 7.70. The molecule has 0 bridgehead atoms. The smallest absolute Gasteiger partial charge is 0.129 e. The van der Waals surface area contributed by atoms with Gasteiger partial charge < -0.3 is 5.73 Å². The van der Waals surface area contributed by atoms with E-state index < -0.39 is 0 Å². The number of aromatic nitrogens is 2. The summed E-state index contributed by atoms with van der Waals surface area (Å²) in [5, 5.41) is 5.32. The summed E-state index contributed by atoms with van der Waals surface area (Å²) in [5.41, 5.74) is 9.44. The average molecular weight is 306 g/mol. The molecule has 3 nitrogen and oxygen atoms in total. The summed E-state index contributed by atoms with van der Waals surface area (Å²) in [6, 6.07) is 7.81. The number of nitrogens with zero attached hydrogens (tertiary/aromatic N) is 2. The molecule has 21 heavy (non-hydrogen) atoms. The molecular formula is C17H24ClN3. The van der Waals surface area contributed by atoms with E-state index in [1.165, 1.54) is 25.7 Å². The lowest BCUT2D eigenvalue weighted by atomic mass is 10.0. The van der Waals surface area contributed by atoms with Crippen molar-refractivity contribution in [2.24, 2.45) is 7.05 Å². The van der Waals surface area contributed by atoms with Crippen LogP contribution in [0.3, 0.4) is 0 Å². The normalized spacial score (nSPS) is 11.0. The van der Waals surface area contributed by atoms with Crippen molar-refractivity contribution < 1.29 is 0 Å². The van der Waals surface area contributed by atoms with Gasteiger partial charge in [0, 0.05) is 17.6 Å². The fourth-order valence-electron chi connectivity index (χ4n) is 2.60. The zero-order chi connectivity index (χ0) is 15.2. The largest absolute Gasteiger partial charge is 0.383 e. The number of benzene rings is 1. The predicted octanol–water partition coefficient (Wildman–Crippen LogP) is 4.84. The zero-order valence-corrected chi connectivity index (χ0v) is 13.7. The Morgan fingerprint density at radius 3 is 2.43 bits per heavy atom. The van der Waals surface area contributed by atoms with Crippen LogP contribution in [0.15, 0.2) is 24.3 Å². The first-order valence-corrected chi connectivity index (χ1v) is 8.08. The first kappa shape index (κ1) is 15.9. The molecule has 2 N–H and O–H groups in total. The minimum absolute atomic E-state index is 0.723. The number of aryl methyl sites for hydroxylation is 2. The van der Waals surface area contributed by atoms with E-state index in [-0.39, 0.29) is 0 Å². The van der Waals surface area contributed by atoms with Gasteiger partial charge in [-0.25, -0.2) is 0 Å². The number of hydrogen-bond donors (Lipinski definition) is 1. The van der Waals surface area contributed by atoms with Crippen molar-refractivity contribution in [3.8, 4) is 11.1 Å². The highest BCUT2D eigenvalue weighted by Crippen LogP contribution is 2.31.